The van der Waals surface area contributed by atoms with E-state index in [4.69, 9.17) is 5.73 Å². The van der Waals surface area contributed by atoms with Gasteiger partial charge in [0.1, 0.15) is 0 Å². The van der Waals surface area contributed by atoms with E-state index in [2.05, 4.69) is 0 Å². The van der Waals surface area contributed by atoms with Crippen LogP contribution >= 0.6 is 0 Å². The average molecular weight is 193 g/mol. The summed E-state index contributed by atoms with van der Waals surface area (Å²) in [5.74, 6) is -0.483. The summed E-state index contributed by atoms with van der Waals surface area (Å²) in [5.41, 5.74) is 6.88. The molecule has 0 aromatic heterocycles. The highest BCUT2D eigenvalue weighted by Crippen LogP contribution is 2.20. The minimum absolute atomic E-state index is 0.0169. The van der Waals surface area contributed by atoms with Crippen LogP contribution in [0, 0.1) is 0 Å². The van der Waals surface area contributed by atoms with Crippen molar-refractivity contribution in [2.24, 2.45) is 5.73 Å². The second kappa shape index (κ2) is 4.77. The van der Waals surface area contributed by atoms with Crippen LogP contribution in [0.4, 0.5) is 0 Å². The fourth-order valence-corrected chi connectivity index (χ4v) is 1.48. The molecule has 1 aromatic carbocycles. The number of aliphatic hydroxyl groups excluding tert-OH is 1. The van der Waals surface area contributed by atoms with Crippen molar-refractivity contribution in [1.82, 2.24) is 0 Å². The molecule has 14 heavy (non-hydrogen) atoms. The lowest BCUT2D eigenvalue weighted by Gasteiger charge is -2.12. The summed E-state index contributed by atoms with van der Waals surface area (Å²) in [6, 6.07) is 7.53. The number of aliphatic hydroxyl groups is 1. The first-order valence-electron chi connectivity index (χ1n) is 4.69. The van der Waals surface area contributed by atoms with E-state index < -0.39 is 12.0 Å². The Morgan fingerprint density at radius 3 is 2.71 bits per heavy atom. The van der Waals surface area contributed by atoms with Crippen LogP contribution in [0.25, 0.3) is 0 Å². The van der Waals surface area contributed by atoms with Crippen LogP contribution in [0.5, 0.6) is 0 Å². The Bertz CT molecular complexity index is 323. The van der Waals surface area contributed by atoms with Crippen molar-refractivity contribution in [2.75, 3.05) is 0 Å². The molecule has 1 unspecified atom stereocenters. The van der Waals surface area contributed by atoms with Gasteiger partial charge in [-0.2, -0.15) is 0 Å². The number of hydrogen-bond acceptors (Lipinski definition) is 2. The van der Waals surface area contributed by atoms with Gasteiger partial charge in [0.05, 0.1) is 12.5 Å². The third-order valence-corrected chi connectivity index (χ3v) is 2.19. The largest absolute Gasteiger partial charge is 0.388 e. The molecule has 0 bridgehead atoms. The third-order valence-electron chi connectivity index (χ3n) is 2.19. The van der Waals surface area contributed by atoms with Crippen molar-refractivity contribution >= 4 is 5.91 Å². The fraction of sp³-hybridized carbons (Fsp3) is 0.364. The molecule has 0 aliphatic rings. The van der Waals surface area contributed by atoms with Crippen LogP contribution in [-0.4, -0.2) is 11.0 Å². The van der Waals surface area contributed by atoms with Gasteiger partial charge in [-0.05, 0) is 17.5 Å². The Morgan fingerprint density at radius 2 is 2.14 bits per heavy atom. The first kappa shape index (κ1) is 10.7. The molecule has 76 valence electrons. The monoisotopic (exact) mass is 193 g/mol. The summed E-state index contributed by atoms with van der Waals surface area (Å²) in [7, 11) is 0. The Labute approximate surface area is 83.6 Å². The third kappa shape index (κ3) is 2.57. The van der Waals surface area contributed by atoms with Gasteiger partial charge >= 0.3 is 0 Å². The second-order valence-electron chi connectivity index (χ2n) is 3.24. The zero-order valence-electron chi connectivity index (χ0n) is 8.23. The molecular formula is C11H15NO2. The highest BCUT2D eigenvalue weighted by atomic mass is 16.3. The Hall–Kier alpha value is -1.35. The van der Waals surface area contributed by atoms with Crippen LogP contribution in [0.3, 0.4) is 0 Å². The van der Waals surface area contributed by atoms with Gasteiger partial charge in [-0.1, -0.05) is 31.2 Å². The molecule has 3 heteroatoms. The van der Waals surface area contributed by atoms with Gasteiger partial charge in [0.2, 0.25) is 5.91 Å². The zero-order valence-corrected chi connectivity index (χ0v) is 8.23. The predicted molar refractivity (Wildman–Crippen MR) is 54.6 cm³/mol. The molecule has 3 N–H and O–H groups in total. The van der Waals surface area contributed by atoms with E-state index in [1.807, 2.05) is 31.2 Å². The van der Waals surface area contributed by atoms with Crippen molar-refractivity contribution < 1.29 is 9.90 Å². The smallest absolute Gasteiger partial charge is 0.220 e. The maximum absolute atomic E-state index is 10.6. The van der Waals surface area contributed by atoms with Gasteiger partial charge in [-0.25, -0.2) is 0 Å². The minimum Gasteiger partial charge on any atom is -0.388 e. The lowest BCUT2D eigenvalue weighted by Crippen LogP contribution is -2.15. The summed E-state index contributed by atoms with van der Waals surface area (Å²) in [4.78, 5) is 10.6. The topological polar surface area (TPSA) is 63.3 Å². The number of carbonyl (C=O) groups excluding carboxylic acids is 1. The van der Waals surface area contributed by atoms with Gasteiger partial charge in [0, 0.05) is 0 Å². The standard InChI is InChI=1S/C11H15NO2/c1-2-8-5-3-4-6-9(8)10(13)7-11(12)14/h3-6,10,13H,2,7H2,1H3,(H2,12,14). The Kier molecular flexibility index (Phi) is 3.65. The number of hydrogen-bond donors (Lipinski definition) is 2. The normalized spacial score (nSPS) is 12.4. The molecular weight excluding hydrogens is 178 g/mol. The number of nitrogens with two attached hydrogens (primary N) is 1. The molecule has 0 fully saturated rings. The predicted octanol–water partition coefficient (Wildman–Crippen LogP) is 1.16. The summed E-state index contributed by atoms with van der Waals surface area (Å²) < 4.78 is 0. The number of rotatable bonds is 4. The van der Waals surface area contributed by atoms with E-state index in [0.717, 1.165) is 17.5 Å². The average Bonchev–Trinajstić information content (AvgIpc) is 2.16. The Morgan fingerprint density at radius 1 is 1.50 bits per heavy atom. The highest BCUT2D eigenvalue weighted by molar-refractivity contribution is 5.74. The number of aryl methyl sites for hydroxylation is 1. The molecule has 1 rings (SSSR count). The van der Waals surface area contributed by atoms with Crippen LogP contribution in [0.2, 0.25) is 0 Å². The van der Waals surface area contributed by atoms with Crippen LogP contribution in [-0.2, 0) is 11.2 Å². The maximum atomic E-state index is 10.6. The van der Waals surface area contributed by atoms with Crippen molar-refractivity contribution in [3.63, 3.8) is 0 Å². The van der Waals surface area contributed by atoms with E-state index in [-0.39, 0.29) is 6.42 Å². The molecule has 0 saturated carbocycles. The number of amides is 1. The molecule has 0 radical (unpaired) electrons. The molecule has 0 spiro atoms. The quantitative estimate of drug-likeness (QED) is 0.753. The van der Waals surface area contributed by atoms with E-state index in [9.17, 15) is 9.90 Å². The summed E-state index contributed by atoms with van der Waals surface area (Å²) in [5, 5.41) is 9.70. The summed E-state index contributed by atoms with van der Waals surface area (Å²) in [6.07, 6.45) is 0.0480. The van der Waals surface area contributed by atoms with Gasteiger partial charge in [0.15, 0.2) is 0 Å². The number of primary amides is 1. The summed E-state index contributed by atoms with van der Waals surface area (Å²) >= 11 is 0. The van der Waals surface area contributed by atoms with Crippen LogP contribution in [0.15, 0.2) is 24.3 Å². The van der Waals surface area contributed by atoms with Crippen molar-refractivity contribution in [3.8, 4) is 0 Å². The second-order valence-corrected chi connectivity index (χ2v) is 3.24. The molecule has 1 amide bonds. The van der Waals surface area contributed by atoms with Gasteiger partial charge in [0.25, 0.3) is 0 Å². The highest BCUT2D eigenvalue weighted by Gasteiger charge is 2.13. The van der Waals surface area contributed by atoms with Gasteiger partial charge in [-0.3, -0.25) is 4.79 Å². The molecule has 0 aliphatic carbocycles. The van der Waals surface area contributed by atoms with E-state index in [1.54, 1.807) is 0 Å². The van der Waals surface area contributed by atoms with Gasteiger partial charge in [-0.15, -0.1) is 0 Å². The minimum atomic E-state index is -0.774. The molecule has 1 atom stereocenters. The molecule has 0 aliphatic heterocycles. The van der Waals surface area contributed by atoms with E-state index >= 15 is 0 Å². The first-order valence-corrected chi connectivity index (χ1v) is 4.69. The lowest BCUT2D eigenvalue weighted by atomic mass is 9.98. The van der Waals surface area contributed by atoms with Crippen molar-refractivity contribution in [1.29, 1.82) is 0 Å². The molecule has 3 nitrogen and oxygen atoms in total. The summed E-state index contributed by atoms with van der Waals surface area (Å²) in [6.45, 7) is 2.01. The fourth-order valence-electron chi connectivity index (χ4n) is 1.48. The molecule has 0 saturated heterocycles. The van der Waals surface area contributed by atoms with Crippen molar-refractivity contribution in [2.45, 2.75) is 25.9 Å². The molecule has 0 heterocycles. The Balaban J connectivity index is 2.87. The maximum Gasteiger partial charge on any atom is 0.220 e. The number of benzene rings is 1. The molecule has 1 aromatic rings. The van der Waals surface area contributed by atoms with Crippen molar-refractivity contribution in [3.05, 3.63) is 35.4 Å². The van der Waals surface area contributed by atoms with E-state index in [0.29, 0.717) is 0 Å². The zero-order chi connectivity index (χ0) is 10.6. The SMILES string of the molecule is CCc1ccccc1C(O)CC(N)=O. The lowest BCUT2D eigenvalue weighted by molar-refractivity contribution is -0.119. The van der Waals surface area contributed by atoms with Gasteiger partial charge < -0.3 is 10.8 Å². The van der Waals surface area contributed by atoms with E-state index in [1.165, 1.54) is 0 Å². The van der Waals surface area contributed by atoms with Crippen LogP contribution < -0.4 is 5.73 Å². The number of carbonyl (C=O) groups is 1. The first-order chi connectivity index (χ1) is 6.65. The van der Waals surface area contributed by atoms with Crippen LogP contribution in [0.1, 0.15) is 30.6 Å².